The quantitative estimate of drug-likeness (QED) is 0.605. The summed E-state index contributed by atoms with van der Waals surface area (Å²) in [6, 6.07) is 0. The van der Waals surface area contributed by atoms with Gasteiger partial charge in [0.25, 0.3) is 0 Å². The average molecular weight is 153 g/mol. The number of hydrogen-bond donors (Lipinski definition) is 1. The van der Waals surface area contributed by atoms with E-state index in [9.17, 15) is 4.79 Å². The molecular weight excluding hydrogens is 138 g/mol. The Morgan fingerprint density at radius 1 is 1.64 bits per heavy atom. The minimum Gasteiger partial charge on any atom is -0.305 e. The highest BCUT2D eigenvalue weighted by molar-refractivity contribution is 5.97. The minimum atomic E-state index is -0.319. The first kappa shape index (κ1) is 8.47. The third-order valence-electron chi connectivity index (χ3n) is 2.35. The second-order valence-electron chi connectivity index (χ2n) is 3.28. The Morgan fingerprint density at radius 2 is 2.36 bits per heavy atom. The number of nitrogens with one attached hydrogen (secondary N) is 1. The van der Waals surface area contributed by atoms with Gasteiger partial charge in [-0.05, 0) is 38.8 Å². The molecule has 1 saturated heterocycles. The maximum Gasteiger partial charge on any atom is 0.174 e. The smallest absolute Gasteiger partial charge is 0.174 e. The van der Waals surface area contributed by atoms with Gasteiger partial charge in [0.15, 0.2) is 5.78 Å². The van der Waals surface area contributed by atoms with E-state index in [4.69, 9.17) is 0 Å². The maximum atomic E-state index is 11.3. The maximum absolute atomic E-state index is 11.3. The molecule has 0 radical (unpaired) electrons. The molecule has 1 heterocycles. The van der Waals surface area contributed by atoms with Gasteiger partial charge in [-0.3, -0.25) is 4.79 Å². The fourth-order valence-electron chi connectivity index (χ4n) is 1.49. The van der Waals surface area contributed by atoms with Crippen molar-refractivity contribution < 1.29 is 4.79 Å². The van der Waals surface area contributed by atoms with Crippen LogP contribution >= 0.6 is 0 Å². The highest BCUT2D eigenvalue weighted by atomic mass is 16.1. The lowest BCUT2D eigenvalue weighted by Crippen LogP contribution is -2.51. The zero-order valence-corrected chi connectivity index (χ0v) is 7.02. The Bertz CT molecular complexity index is 168. The molecule has 2 heteroatoms. The fourth-order valence-corrected chi connectivity index (χ4v) is 1.49. The third kappa shape index (κ3) is 1.69. The SMILES string of the molecule is C=CC(=O)C1(C)CCCCN1. The van der Waals surface area contributed by atoms with Gasteiger partial charge in [-0.2, -0.15) is 0 Å². The summed E-state index contributed by atoms with van der Waals surface area (Å²) in [5.74, 6) is 0.122. The van der Waals surface area contributed by atoms with Crippen molar-refractivity contribution in [1.29, 1.82) is 0 Å². The lowest BCUT2D eigenvalue weighted by atomic mass is 9.87. The molecule has 1 rings (SSSR count). The van der Waals surface area contributed by atoms with Gasteiger partial charge in [-0.1, -0.05) is 6.58 Å². The number of carbonyl (C=O) groups excluding carboxylic acids is 1. The van der Waals surface area contributed by atoms with Gasteiger partial charge in [0, 0.05) is 0 Å². The summed E-state index contributed by atoms with van der Waals surface area (Å²) in [5.41, 5.74) is -0.319. The van der Waals surface area contributed by atoms with E-state index in [0.717, 1.165) is 19.4 Å². The lowest BCUT2D eigenvalue weighted by molar-refractivity contribution is -0.120. The predicted molar refractivity (Wildman–Crippen MR) is 45.5 cm³/mol. The van der Waals surface area contributed by atoms with Crippen LogP contribution in [0.3, 0.4) is 0 Å². The van der Waals surface area contributed by atoms with E-state index >= 15 is 0 Å². The Morgan fingerprint density at radius 3 is 2.82 bits per heavy atom. The second kappa shape index (κ2) is 3.18. The topological polar surface area (TPSA) is 29.1 Å². The summed E-state index contributed by atoms with van der Waals surface area (Å²) in [6.07, 6.45) is 4.68. The van der Waals surface area contributed by atoms with Crippen molar-refractivity contribution in [3.8, 4) is 0 Å². The van der Waals surface area contributed by atoms with Crippen molar-refractivity contribution in [3.63, 3.8) is 0 Å². The molecule has 1 N–H and O–H groups in total. The Labute approximate surface area is 67.7 Å². The van der Waals surface area contributed by atoms with Gasteiger partial charge in [-0.15, -0.1) is 0 Å². The van der Waals surface area contributed by atoms with Gasteiger partial charge < -0.3 is 5.32 Å². The molecule has 0 aromatic carbocycles. The number of piperidine rings is 1. The van der Waals surface area contributed by atoms with E-state index < -0.39 is 0 Å². The van der Waals surface area contributed by atoms with Gasteiger partial charge in [0.1, 0.15) is 0 Å². The van der Waals surface area contributed by atoms with Crippen LogP contribution in [0, 0.1) is 0 Å². The van der Waals surface area contributed by atoms with Crippen molar-refractivity contribution in [2.75, 3.05) is 6.54 Å². The van der Waals surface area contributed by atoms with E-state index in [0.29, 0.717) is 0 Å². The summed E-state index contributed by atoms with van der Waals surface area (Å²) in [4.78, 5) is 11.3. The monoisotopic (exact) mass is 153 g/mol. The molecule has 0 aromatic rings. The van der Waals surface area contributed by atoms with Crippen molar-refractivity contribution in [2.45, 2.75) is 31.7 Å². The van der Waals surface area contributed by atoms with Gasteiger partial charge in [0.05, 0.1) is 5.54 Å². The van der Waals surface area contributed by atoms with E-state index in [-0.39, 0.29) is 11.3 Å². The molecule has 11 heavy (non-hydrogen) atoms. The number of rotatable bonds is 2. The van der Waals surface area contributed by atoms with Crippen molar-refractivity contribution in [1.82, 2.24) is 5.32 Å². The van der Waals surface area contributed by atoms with Crippen LogP contribution in [0.4, 0.5) is 0 Å². The molecule has 2 nitrogen and oxygen atoms in total. The second-order valence-corrected chi connectivity index (χ2v) is 3.28. The van der Waals surface area contributed by atoms with Crippen LogP contribution in [0.25, 0.3) is 0 Å². The third-order valence-corrected chi connectivity index (χ3v) is 2.35. The van der Waals surface area contributed by atoms with Crippen molar-refractivity contribution in [2.24, 2.45) is 0 Å². The molecular formula is C9H15NO. The van der Waals surface area contributed by atoms with Crippen molar-refractivity contribution >= 4 is 5.78 Å². The summed E-state index contributed by atoms with van der Waals surface area (Å²) in [7, 11) is 0. The summed E-state index contributed by atoms with van der Waals surface area (Å²) in [6.45, 7) is 6.40. The summed E-state index contributed by atoms with van der Waals surface area (Å²) in [5, 5.41) is 3.23. The van der Waals surface area contributed by atoms with Crippen molar-refractivity contribution in [3.05, 3.63) is 12.7 Å². The molecule has 1 aliphatic heterocycles. The van der Waals surface area contributed by atoms with Crippen LogP contribution in [0.2, 0.25) is 0 Å². The Kier molecular flexibility index (Phi) is 2.45. The van der Waals surface area contributed by atoms with Crippen LogP contribution in [0.15, 0.2) is 12.7 Å². The van der Waals surface area contributed by atoms with E-state index in [1.165, 1.54) is 12.5 Å². The first-order chi connectivity index (χ1) is 5.19. The molecule has 1 aliphatic rings. The van der Waals surface area contributed by atoms with Gasteiger partial charge >= 0.3 is 0 Å². The van der Waals surface area contributed by atoms with E-state index in [2.05, 4.69) is 11.9 Å². The molecule has 0 aromatic heterocycles. The zero-order valence-electron chi connectivity index (χ0n) is 7.02. The molecule has 0 spiro atoms. The van der Waals surface area contributed by atoms with E-state index in [1.807, 2.05) is 6.92 Å². The molecule has 62 valence electrons. The standard InChI is InChI=1S/C9H15NO/c1-3-8(11)9(2)6-4-5-7-10-9/h3,10H,1,4-7H2,2H3. The largest absolute Gasteiger partial charge is 0.305 e. The van der Waals surface area contributed by atoms with Crippen LogP contribution in [0.1, 0.15) is 26.2 Å². The molecule has 0 aliphatic carbocycles. The molecule has 1 atom stereocenters. The normalized spacial score (nSPS) is 31.4. The van der Waals surface area contributed by atoms with Crippen LogP contribution < -0.4 is 5.32 Å². The number of carbonyl (C=O) groups is 1. The van der Waals surface area contributed by atoms with Crippen LogP contribution in [-0.2, 0) is 4.79 Å². The van der Waals surface area contributed by atoms with Crippen LogP contribution in [0.5, 0.6) is 0 Å². The Balaban J connectivity index is 2.63. The molecule has 1 fully saturated rings. The average Bonchev–Trinajstić information content (AvgIpc) is 2.04. The number of hydrogen-bond acceptors (Lipinski definition) is 2. The predicted octanol–water partition coefficient (Wildman–Crippen LogP) is 1.27. The molecule has 0 bridgehead atoms. The highest BCUT2D eigenvalue weighted by Gasteiger charge is 2.31. The molecule has 0 saturated carbocycles. The zero-order chi connectivity index (χ0) is 8.32. The lowest BCUT2D eigenvalue weighted by Gasteiger charge is -2.32. The highest BCUT2D eigenvalue weighted by Crippen LogP contribution is 2.19. The minimum absolute atomic E-state index is 0.122. The summed E-state index contributed by atoms with van der Waals surface area (Å²) >= 11 is 0. The molecule has 0 amide bonds. The first-order valence-corrected chi connectivity index (χ1v) is 4.11. The molecule has 1 unspecified atom stereocenters. The Hall–Kier alpha value is -0.630. The van der Waals surface area contributed by atoms with E-state index in [1.54, 1.807) is 0 Å². The van der Waals surface area contributed by atoms with Gasteiger partial charge in [-0.25, -0.2) is 0 Å². The van der Waals surface area contributed by atoms with Crippen LogP contribution in [-0.4, -0.2) is 17.9 Å². The first-order valence-electron chi connectivity index (χ1n) is 4.11. The fraction of sp³-hybridized carbons (Fsp3) is 0.667. The van der Waals surface area contributed by atoms with Gasteiger partial charge in [0.2, 0.25) is 0 Å². The summed E-state index contributed by atoms with van der Waals surface area (Å²) < 4.78 is 0. The number of ketones is 1.